The van der Waals surface area contributed by atoms with Gasteiger partial charge in [0.1, 0.15) is 17.2 Å². The largest absolute Gasteiger partial charge is 0.450 e. The lowest BCUT2D eigenvalue weighted by Crippen LogP contribution is -2.52. The standard InChI is InChI=1S/C32H20F2N2O4/c33-21-13-9-19(10-14-21)17-35-25-7-3-2-6-24(25)32(31(35)39)27-28(37)23-5-1-4-8-26(23)40-29(27)30(38)36(32)18-20-11-15-22(34)16-12-20/h1-16H,17-18H2. The van der Waals surface area contributed by atoms with E-state index in [0.717, 1.165) is 0 Å². The zero-order chi connectivity index (χ0) is 27.6. The van der Waals surface area contributed by atoms with Crippen molar-refractivity contribution in [3.8, 4) is 0 Å². The topological polar surface area (TPSA) is 70.8 Å². The number of amides is 2. The highest BCUT2D eigenvalue weighted by Crippen LogP contribution is 2.53. The number of rotatable bonds is 4. The Morgan fingerprint density at radius 2 is 1.30 bits per heavy atom. The summed E-state index contributed by atoms with van der Waals surface area (Å²) in [5.41, 5.74) is 0.120. The molecule has 0 aliphatic carbocycles. The fourth-order valence-corrected chi connectivity index (χ4v) is 5.86. The van der Waals surface area contributed by atoms with E-state index in [2.05, 4.69) is 0 Å². The number of para-hydroxylation sites is 2. The minimum atomic E-state index is -1.82. The average molecular weight is 535 g/mol. The number of halogens is 2. The Bertz CT molecular complexity index is 1900. The van der Waals surface area contributed by atoms with Gasteiger partial charge in [-0.25, -0.2) is 8.78 Å². The van der Waals surface area contributed by atoms with E-state index in [9.17, 15) is 23.2 Å². The van der Waals surface area contributed by atoms with Gasteiger partial charge in [0.15, 0.2) is 11.0 Å². The highest BCUT2D eigenvalue weighted by molar-refractivity contribution is 6.17. The summed E-state index contributed by atoms with van der Waals surface area (Å²) in [6.07, 6.45) is 0. The second kappa shape index (κ2) is 8.71. The quantitative estimate of drug-likeness (QED) is 0.305. The van der Waals surface area contributed by atoms with Gasteiger partial charge < -0.3 is 14.2 Å². The van der Waals surface area contributed by atoms with E-state index in [-0.39, 0.29) is 35.4 Å². The summed E-state index contributed by atoms with van der Waals surface area (Å²) < 4.78 is 33.4. The first-order chi connectivity index (χ1) is 19.4. The first-order valence-corrected chi connectivity index (χ1v) is 12.7. The van der Waals surface area contributed by atoms with Crippen molar-refractivity contribution in [3.05, 3.63) is 147 Å². The zero-order valence-electron chi connectivity index (χ0n) is 20.9. The molecule has 1 atom stereocenters. The summed E-state index contributed by atoms with van der Waals surface area (Å²) in [5, 5.41) is 0.249. The third-order valence-electron chi connectivity index (χ3n) is 7.65. The molecule has 5 aromatic rings. The van der Waals surface area contributed by atoms with Gasteiger partial charge in [0.25, 0.3) is 11.8 Å². The van der Waals surface area contributed by atoms with E-state index in [1.165, 1.54) is 46.2 Å². The second-order valence-corrected chi connectivity index (χ2v) is 9.89. The van der Waals surface area contributed by atoms with E-state index in [1.807, 2.05) is 0 Å². The van der Waals surface area contributed by atoms with E-state index in [4.69, 9.17) is 4.42 Å². The van der Waals surface area contributed by atoms with Crippen LogP contribution in [0.2, 0.25) is 0 Å². The molecule has 2 aliphatic heterocycles. The molecule has 8 heteroatoms. The molecule has 0 saturated carbocycles. The highest BCUT2D eigenvalue weighted by Gasteiger charge is 2.64. The van der Waals surface area contributed by atoms with Crippen molar-refractivity contribution in [1.82, 2.24) is 4.90 Å². The van der Waals surface area contributed by atoms with Crippen LogP contribution in [-0.2, 0) is 23.4 Å². The summed E-state index contributed by atoms with van der Waals surface area (Å²) in [6, 6.07) is 25.0. The molecule has 40 heavy (non-hydrogen) atoms. The molecule has 196 valence electrons. The number of anilines is 1. The molecule has 0 bridgehead atoms. The van der Waals surface area contributed by atoms with Gasteiger partial charge in [0, 0.05) is 12.1 Å². The summed E-state index contributed by atoms with van der Waals surface area (Å²) >= 11 is 0. The predicted octanol–water partition coefficient (Wildman–Crippen LogP) is 5.52. The van der Waals surface area contributed by atoms with Crippen molar-refractivity contribution in [2.24, 2.45) is 0 Å². The van der Waals surface area contributed by atoms with E-state index >= 15 is 0 Å². The molecule has 2 amide bonds. The van der Waals surface area contributed by atoms with Gasteiger partial charge in [0.05, 0.1) is 23.2 Å². The Morgan fingerprint density at radius 3 is 2.00 bits per heavy atom. The van der Waals surface area contributed by atoms with Crippen LogP contribution in [0.4, 0.5) is 14.5 Å². The molecule has 6 nitrogen and oxygen atoms in total. The maximum absolute atomic E-state index is 14.7. The smallest absolute Gasteiger partial charge is 0.291 e. The summed E-state index contributed by atoms with van der Waals surface area (Å²) in [7, 11) is 0. The fraction of sp³-hybridized carbons (Fsp3) is 0.0938. The van der Waals surface area contributed by atoms with Crippen LogP contribution in [0.3, 0.4) is 0 Å². The van der Waals surface area contributed by atoms with Crippen molar-refractivity contribution < 1.29 is 22.8 Å². The van der Waals surface area contributed by atoms with E-state index in [1.54, 1.807) is 60.7 Å². The number of benzene rings is 4. The number of hydrogen-bond donors (Lipinski definition) is 0. The summed E-state index contributed by atoms with van der Waals surface area (Å²) in [4.78, 5) is 45.8. The minimum Gasteiger partial charge on any atom is -0.450 e. The Hall–Kier alpha value is -5.11. The van der Waals surface area contributed by atoms with Crippen LogP contribution in [0.1, 0.15) is 32.8 Å². The molecule has 1 unspecified atom stereocenters. The van der Waals surface area contributed by atoms with Crippen LogP contribution in [0.15, 0.2) is 106 Å². The average Bonchev–Trinajstić information content (AvgIpc) is 3.36. The molecule has 1 spiro atoms. The van der Waals surface area contributed by atoms with Gasteiger partial charge in [0.2, 0.25) is 5.76 Å². The van der Waals surface area contributed by atoms with Crippen LogP contribution < -0.4 is 10.3 Å². The van der Waals surface area contributed by atoms with Crippen molar-refractivity contribution in [2.45, 2.75) is 18.6 Å². The summed E-state index contributed by atoms with van der Waals surface area (Å²) in [5.74, 6) is -2.16. The monoisotopic (exact) mass is 534 g/mol. The molecule has 3 heterocycles. The van der Waals surface area contributed by atoms with Crippen LogP contribution in [-0.4, -0.2) is 16.7 Å². The Labute approximate surface area is 226 Å². The van der Waals surface area contributed by atoms with Gasteiger partial charge in [-0.05, 0) is 53.6 Å². The third-order valence-corrected chi connectivity index (χ3v) is 7.65. The van der Waals surface area contributed by atoms with Gasteiger partial charge >= 0.3 is 0 Å². The Morgan fingerprint density at radius 1 is 0.700 bits per heavy atom. The van der Waals surface area contributed by atoms with Gasteiger partial charge in [-0.3, -0.25) is 14.4 Å². The lowest BCUT2D eigenvalue weighted by atomic mass is 9.83. The van der Waals surface area contributed by atoms with Crippen molar-refractivity contribution >= 4 is 28.5 Å². The van der Waals surface area contributed by atoms with Crippen LogP contribution in [0.5, 0.6) is 0 Å². The molecule has 0 fully saturated rings. The lowest BCUT2D eigenvalue weighted by Gasteiger charge is -2.34. The molecule has 7 rings (SSSR count). The first kappa shape index (κ1) is 24.0. The molecule has 0 saturated heterocycles. The number of carbonyl (C=O) groups excluding carboxylic acids is 2. The minimum absolute atomic E-state index is 0.0441. The number of hydrogen-bond acceptors (Lipinski definition) is 4. The van der Waals surface area contributed by atoms with E-state index < -0.39 is 34.4 Å². The van der Waals surface area contributed by atoms with Gasteiger partial charge in [-0.15, -0.1) is 0 Å². The first-order valence-electron chi connectivity index (χ1n) is 12.7. The van der Waals surface area contributed by atoms with Crippen LogP contribution >= 0.6 is 0 Å². The molecule has 0 N–H and O–H groups in total. The molecule has 0 radical (unpaired) electrons. The summed E-state index contributed by atoms with van der Waals surface area (Å²) in [6.45, 7) is 0.00820. The molecular formula is C32H20F2N2O4. The highest BCUT2D eigenvalue weighted by atomic mass is 19.1. The molecule has 4 aromatic carbocycles. The Balaban J connectivity index is 1.50. The molecule has 1 aromatic heterocycles. The fourth-order valence-electron chi connectivity index (χ4n) is 5.86. The van der Waals surface area contributed by atoms with Crippen LogP contribution in [0.25, 0.3) is 11.0 Å². The molecular weight excluding hydrogens is 514 g/mol. The van der Waals surface area contributed by atoms with Crippen molar-refractivity contribution in [2.75, 3.05) is 4.90 Å². The zero-order valence-corrected chi connectivity index (χ0v) is 20.9. The maximum Gasteiger partial charge on any atom is 0.291 e. The SMILES string of the molecule is O=C1c2oc3ccccc3c(=O)c2C2(C(=O)N(Cc3ccc(F)cc3)c3ccccc32)N1Cc1ccc(F)cc1. The third kappa shape index (κ3) is 3.29. The predicted molar refractivity (Wildman–Crippen MR) is 144 cm³/mol. The van der Waals surface area contributed by atoms with Crippen molar-refractivity contribution in [1.29, 1.82) is 0 Å². The lowest BCUT2D eigenvalue weighted by molar-refractivity contribution is -0.126. The van der Waals surface area contributed by atoms with Gasteiger partial charge in [-0.2, -0.15) is 0 Å². The maximum atomic E-state index is 14.7. The Kier molecular flexibility index (Phi) is 5.22. The van der Waals surface area contributed by atoms with Crippen molar-refractivity contribution in [3.63, 3.8) is 0 Å². The number of fused-ring (bicyclic) bond motifs is 5. The second-order valence-electron chi connectivity index (χ2n) is 9.89. The van der Waals surface area contributed by atoms with Gasteiger partial charge in [-0.1, -0.05) is 54.6 Å². The van der Waals surface area contributed by atoms with E-state index in [0.29, 0.717) is 22.4 Å². The normalized spacial score (nSPS) is 17.6. The van der Waals surface area contributed by atoms with Crippen LogP contribution in [0, 0.1) is 11.6 Å². The number of nitrogens with zero attached hydrogens (tertiary/aromatic N) is 2. The molecule has 2 aliphatic rings. The number of carbonyl (C=O) groups is 2.